The van der Waals surface area contributed by atoms with E-state index in [2.05, 4.69) is 20.7 Å². The number of nitrogen functional groups attached to an aromatic ring is 1. The first kappa shape index (κ1) is 18.2. The second-order valence-electron chi connectivity index (χ2n) is 5.69. The lowest BCUT2D eigenvalue weighted by atomic mass is 10.2. The predicted octanol–water partition coefficient (Wildman–Crippen LogP) is 2.59. The average molecular weight is 366 g/mol. The summed E-state index contributed by atoms with van der Waals surface area (Å²) in [6, 6.07) is 15.5. The Morgan fingerprint density at radius 3 is 2.67 bits per heavy atom. The van der Waals surface area contributed by atoms with Crippen molar-refractivity contribution in [2.24, 2.45) is 5.10 Å². The fraction of sp³-hybridized carbons (Fsp3) is 0.211. The van der Waals surface area contributed by atoms with E-state index in [1.54, 1.807) is 13.3 Å². The van der Waals surface area contributed by atoms with Gasteiger partial charge < -0.3 is 15.3 Å². The molecule has 1 aromatic heterocycles. The molecule has 140 valence electrons. The fourth-order valence-corrected chi connectivity index (χ4v) is 2.48. The average Bonchev–Trinajstić information content (AvgIpc) is 3.07. The molecule has 2 aromatic carbocycles. The normalized spacial score (nSPS) is 10.9. The number of rotatable bonds is 8. The van der Waals surface area contributed by atoms with Crippen molar-refractivity contribution in [2.45, 2.75) is 20.0 Å². The quantitative estimate of drug-likeness (QED) is 0.361. The molecule has 8 nitrogen and oxygen atoms in total. The molecule has 0 saturated heterocycles. The zero-order valence-corrected chi connectivity index (χ0v) is 15.3. The summed E-state index contributed by atoms with van der Waals surface area (Å²) >= 11 is 0. The Bertz CT molecular complexity index is 908. The topological polar surface area (TPSA) is 99.6 Å². The van der Waals surface area contributed by atoms with Gasteiger partial charge in [-0.1, -0.05) is 43.3 Å². The number of methoxy groups -OCH3 is 1. The maximum atomic E-state index is 5.99. The third kappa shape index (κ3) is 4.35. The molecule has 0 saturated carbocycles. The zero-order valence-electron chi connectivity index (χ0n) is 15.3. The molecule has 3 rings (SSSR count). The zero-order chi connectivity index (χ0) is 19.1. The molecule has 8 heteroatoms. The van der Waals surface area contributed by atoms with Gasteiger partial charge in [0, 0.05) is 12.0 Å². The molecule has 0 fully saturated rings. The maximum absolute atomic E-state index is 5.99. The van der Waals surface area contributed by atoms with E-state index in [-0.39, 0.29) is 0 Å². The Morgan fingerprint density at radius 2 is 1.96 bits per heavy atom. The highest BCUT2D eigenvalue weighted by atomic mass is 16.5. The number of aromatic nitrogens is 3. The van der Waals surface area contributed by atoms with Crippen molar-refractivity contribution >= 4 is 12.2 Å². The Kier molecular flexibility index (Phi) is 5.88. The Balaban J connectivity index is 1.76. The molecule has 0 amide bonds. The first-order valence-electron chi connectivity index (χ1n) is 8.55. The van der Waals surface area contributed by atoms with Gasteiger partial charge in [-0.15, -0.1) is 10.2 Å². The van der Waals surface area contributed by atoms with Gasteiger partial charge in [0.05, 0.1) is 13.3 Å². The summed E-state index contributed by atoms with van der Waals surface area (Å²) in [6.45, 7) is 2.37. The summed E-state index contributed by atoms with van der Waals surface area (Å²) < 4.78 is 12.8. The van der Waals surface area contributed by atoms with Crippen LogP contribution in [-0.4, -0.2) is 28.2 Å². The predicted molar refractivity (Wildman–Crippen MR) is 105 cm³/mol. The van der Waals surface area contributed by atoms with Gasteiger partial charge in [0.2, 0.25) is 0 Å². The number of nitrogens with one attached hydrogen (secondary N) is 1. The molecule has 0 spiro atoms. The SMILES string of the molecule is CCc1nnc(N/N=C/c2cccc(OC)c2OCc2ccccc2)n1N. The van der Waals surface area contributed by atoms with Crippen LogP contribution in [0.4, 0.5) is 5.95 Å². The molecule has 0 aliphatic heterocycles. The highest BCUT2D eigenvalue weighted by Gasteiger charge is 2.10. The molecule has 0 unspecified atom stereocenters. The highest BCUT2D eigenvalue weighted by Crippen LogP contribution is 2.30. The number of benzene rings is 2. The van der Waals surface area contributed by atoms with Crippen LogP contribution in [0, 0.1) is 0 Å². The molecule has 3 aromatic rings. The van der Waals surface area contributed by atoms with E-state index >= 15 is 0 Å². The Hall–Kier alpha value is -3.55. The van der Waals surface area contributed by atoms with Gasteiger partial charge in [0.25, 0.3) is 5.95 Å². The Labute approximate surface area is 157 Å². The Morgan fingerprint density at radius 1 is 1.15 bits per heavy atom. The molecule has 0 aliphatic carbocycles. The number of aryl methyl sites for hydroxylation is 1. The monoisotopic (exact) mass is 366 g/mol. The van der Waals surface area contributed by atoms with E-state index in [9.17, 15) is 0 Å². The van der Waals surface area contributed by atoms with Gasteiger partial charge in [0.15, 0.2) is 17.3 Å². The van der Waals surface area contributed by atoms with Crippen LogP contribution in [0.25, 0.3) is 0 Å². The first-order chi connectivity index (χ1) is 13.2. The lowest BCUT2D eigenvalue weighted by Gasteiger charge is -2.13. The van der Waals surface area contributed by atoms with Crippen molar-refractivity contribution in [3.05, 3.63) is 65.5 Å². The fourth-order valence-electron chi connectivity index (χ4n) is 2.48. The summed E-state index contributed by atoms with van der Waals surface area (Å²) in [7, 11) is 1.60. The van der Waals surface area contributed by atoms with Crippen molar-refractivity contribution in [1.82, 2.24) is 14.9 Å². The molecule has 27 heavy (non-hydrogen) atoms. The van der Waals surface area contributed by atoms with Crippen LogP contribution < -0.4 is 20.7 Å². The van der Waals surface area contributed by atoms with E-state index in [0.717, 1.165) is 11.1 Å². The van der Waals surface area contributed by atoms with Crippen molar-refractivity contribution < 1.29 is 9.47 Å². The number of hydrogen-bond acceptors (Lipinski definition) is 7. The number of ether oxygens (including phenoxy) is 2. The summed E-state index contributed by atoms with van der Waals surface area (Å²) in [6.07, 6.45) is 2.31. The minimum absolute atomic E-state index is 0.359. The van der Waals surface area contributed by atoms with Crippen molar-refractivity contribution in [2.75, 3.05) is 18.4 Å². The second-order valence-corrected chi connectivity index (χ2v) is 5.69. The van der Waals surface area contributed by atoms with Crippen LogP contribution in [0.1, 0.15) is 23.9 Å². The summed E-state index contributed by atoms with van der Waals surface area (Å²) in [5.41, 5.74) is 4.62. The third-order valence-corrected chi connectivity index (χ3v) is 3.91. The molecular weight excluding hydrogens is 344 g/mol. The highest BCUT2D eigenvalue weighted by molar-refractivity contribution is 5.85. The maximum Gasteiger partial charge on any atom is 0.263 e. The standard InChI is InChI=1S/C19H22N6O2/c1-3-17-22-24-19(25(17)20)23-21-12-15-10-7-11-16(26-2)18(15)27-13-14-8-5-4-6-9-14/h4-12H,3,13,20H2,1-2H3,(H,23,24)/b21-12+. The van der Waals surface area contributed by atoms with Gasteiger partial charge in [-0.3, -0.25) is 0 Å². The van der Waals surface area contributed by atoms with E-state index in [1.807, 2.05) is 55.5 Å². The van der Waals surface area contributed by atoms with Gasteiger partial charge in [0.1, 0.15) is 6.61 Å². The summed E-state index contributed by atoms with van der Waals surface area (Å²) in [5.74, 6) is 8.16. The van der Waals surface area contributed by atoms with Crippen molar-refractivity contribution in [3.8, 4) is 11.5 Å². The van der Waals surface area contributed by atoms with Gasteiger partial charge in [-0.05, 0) is 17.7 Å². The molecule has 0 aliphatic rings. The second kappa shape index (κ2) is 8.70. The molecular formula is C19H22N6O2. The minimum Gasteiger partial charge on any atom is -0.493 e. The number of hydrogen-bond donors (Lipinski definition) is 2. The van der Waals surface area contributed by atoms with E-state index in [4.69, 9.17) is 15.3 Å². The molecule has 1 heterocycles. The van der Waals surface area contributed by atoms with Crippen molar-refractivity contribution in [3.63, 3.8) is 0 Å². The van der Waals surface area contributed by atoms with Crippen LogP contribution >= 0.6 is 0 Å². The van der Waals surface area contributed by atoms with Crippen LogP contribution in [0.3, 0.4) is 0 Å². The van der Waals surface area contributed by atoms with Gasteiger partial charge in [-0.25, -0.2) is 10.1 Å². The van der Waals surface area contributed by atoms with Crippen LogP contribution in [-0.2, 0) is 13.0 Å². The van der Waals surface area contributed by atoms with Crippen LogP contribution in [0.5, 0.6) is 11.5 Å². The van der Waals surface area contributed by atoms with Gasteiger partial charge >= 0.3 is 0 Å². The molecule has 3 N–H and O–H groups in total. The minimum atomic E-state index is 0.359. The third-order valence-electron chi connectivity index (χ3n) is 3.91. The largest absolute Gasteiger partial charge is 0.493 e. The number of nitrogens with two attached hydrogens (primary N) is 1. The number of hydrazone groups is 1. The van der Waals surface area contributed by atoms with Crippen molar-refractivity contribution in [1.29, 1.82) is 0 Å². The number of para-hydroxylation sites is 1. The van der Waals surface area contributed by atoms with Crippen LogP contribution in [0.2, 0.25) is 0 Å². The van der Waals surface area contributed by atoms with E-state index in [1.165, 1.54) is 4.68 Å². The van der Waals surface area contributed by atoms with E-state index in [0.29, 0.717) is 36.3 Å². The summed E-state index contributed by atoms with van der Waals surface area (Å²) in [4.78, 5) is 0. The van der Waals surface area contributed by atoms with Crippen LogP contribution in [0.15, 0.2) is 53.6 Å². The molecule has 0 atom stereocenters. The lowest BCUT2D eigenvalue weighted by Crippen LogP contribution is -2.15. The number of nitrogens with zero attached hydrogens (tertiary/aromatic N) is 4. The smallest absolute Gasteiger partial charge is 0.263 e. The summed E-state index contributed by atoms with van der Waals surface area (Å²) in [5, 5.41) is 12.1. The lowest BCUT2D eigenvalue weighted by molar-refractivity contribution is 0.284. The number of anilines is 1. The van der Waals surface area contributed by atoms with Gasteiger partial charge in [-0.2, -0.15) is 5.10 Å². The molecule has 0 bridgehead atoms. The first-order valence-corrected chi connectivity index (χ1v) is 8.55. The van der Waals surface area contributed by atoms with E-state index < -0.39 is 0 Å². The molecule has 0 radical (unpaired) electrons.